The van der Waals surface area contributed by atoms with Crippen LogP contribution in [0.15, 0.2) is 84.9 Å². The molecule has 4 rings (SSSR count). The van der Waals surface area contributed by atoms with Gasteiger partial charge in [-0.3, -0.25) is 14.7 Å². The van der Waals surface area contributed by atoms with Crippen LogP contribution >= 0.6 is 0 Å². The second-order valence-corrected chi connectivity index (χ2v) is 7.37. The van der Waals surface area contributed by atoms with Gasteiger partial charge >= 0.3 is 0 Å². The Labute approximate surface area is 179 Å². The van der Waals surface area contributed by atoms with Gasteiger partial charge in [0.1, 0.15) is 5.82 Å². The lowest BCUT2D eigenvalue weighted by Crippen LogP contribution is -2.18. The first-order chi connectivity index (χ1) is 15.0. The molecule has 0 aliphatic heterocycles. The maximum Gasteiger partial charge on any atom is 0.274 e. The van der Waals surface area contributed by atoms with Crippen LogP contribution in [0, 0.1) is 5.82 Å². The fourth-order valence-corrected chi connectivity index (χ4v) is 3.59. The van der Waals surface area contributed by atoms with Crippen molar-refractivity contribution in [3.63, 3.8) is 0 Å². The lowest BCUT2D eigenvalue weighted by atomic mass is 10.0. The van der Waals surface area contributed by atoms with Crippen molar-refractivity contribution in [2.24, 2.45) is 0 Å². The van der Waals surface area contributed by atoms with Crippen LogP contribution in [0.3, 0.4) is 0 Å². The number of halogens is 1. The molecule has 0 aliphatic rings. The maximum atomic E-state index is 13.5. The summed E-state index contributed by atoms with van der Waals surface area (Å²) in [4.78, 5) is 11.6. The van der Waals surface area contributed by atoms with Crippen molar-refractivity contribution < 1.29 is 14.4 Å². The number of amides is 1. The normalized spacial score (nSPS) is 11.8. The fraction of sp³-hybridized carbons (Fsp3) is 0.120. The van der Waals surface area contributed by atoms with Crippen LogP contribution in [0.25, 0.3) is 11.3 Å². The van der Waals surface area contributed by atoms with Crippen molar-refractivity contribution >= 4 is 5.91 Å². The van der Waals surface area contributed by atoms with E-state index in [1.807, 2.05) is 48.0 Å². The van der Waals surface area contributed by atoms with Crippen molar-refractivity contribution in [1.29, 1.82) is 0 Å². The molecule has 0 aliphatic carbocycles. The third-order valence-electron chi connectivity index (χ3n) is 5.28. The van der Waals surface area contributed by atoms with Crippen molar-refractivity contribution in [2.75, 3.05) is 0 Å². The van der Waals surface area contributed by atoms with Gasteiger partial charge in [-0.25, -0.2) is 9.87 Å². The lowest BCUT2D eigenvalue weighted by molar-refractivity contribution is 0.0706. The van der Waals surface area contributed by atoms with Gasteiger partial charge in [-0.2, -0.15) is 5.10 Å². The first-order valence-electron chi connectivity index (χ1n) is 9.98. The summed E-state index contributed by atoms with van der Waals surface area (Å²) in [7, 11) is 0. The molecule has 4 aromatic rings. The number of hydroxylamine groups is 1. The van der Waals surface area contributed by atoms with Crippen LogP contribution in [0.4, 0.5) is 4.39 Å². The van der Waals surface area contributed by atoms with Gasteiger partial charge in [0.15, 0.2) is 0 Å². The Morgan fingerprint density at radius 1 is 1.03 bits per heavy atom. The molecule has 0 saturated carbocycles. The molecule has 31 heavy (non-hydrogen) atoms. The van der Waals surface area contributed by atoms with Gasteiger partial charge in [-0.05, 0) is 60.5 Å². The smallest absolute Gasteiger partial charge is 0.274 e. The summed E-state index contributed by atoms with van der Waals surface area (Å²) in [5, 5.41) is 13.7. The average molecular weight is 415 g/mol. The molecule has 0 spiro atoms. The Bertz CT molecular complexity index is 1170. The number of rotatable bonds is 6. The molecule has 1 unspecified atom stereocenters. The molecular weight excluding hydrogens is 393 g/mol. The zero-order chi connectivity index (χ0) is 21.8. The predicted molar refractivity (Wildman–Crippen MR) is 116 cm³/mol. The van der Waals surface area contributed by atoms with Crippen LogP contribution in [0.2, 0.25) is 0 Å². The SMILES string of the molecule is CC(c1ccc(C(=O)NO)cc1)n1nc(Cc2ccccc2)cc1-c1ccc(F)cc1. The minimum atomic E-state index is -0.560. The van der Waals surface area contributed by atoms with E-state index in [-0.39, 0.29) is 11.9 Å². The Kier molecular flexibility index (Phi) is 5.91. The highest BCUT2D eigenvalue weighted by Gasteiger charge is 2.17. The van der Waals surface area contributed by atoms with Gasteiger partial charge in [-0.15, -0.1) is 0 Å². The van der Waals surface area contributed by atoms with Crippen molar-refractivity contribution in [3.05, 3.63) is 113 Å². The van der Waals surface area contributed by atoms with E-state index in [9.17, 15) is 9.18 Å². The van der Waals surface area contributed by atoms with Gasteiger partial charge in [0.25, 0.3) is 5.91 Å². The fourth-order valence-electron chi connectivity index (χ4n) is 3.59. The number of nitrogens with zero attached hydrogens (tertiary/aromatic N) is 2. The Morgan fingerprint density at radius 2 is 1.71 bits per heavy atom. The van der Waals surface area contributed by atoms with Crippen LogP contribution in [-0.4, -0.2) is 20.9 Å². The average Bonchev–Trinajstić information content (AvgIpc) is 3.23. The quantitative estimate of drug-likeness (QED) is 0.344. The standard InChI is InChI=1S/C25H22FN3O2/c1-17(19-7-9-21(10-8-19)25(30)28-31)29-24(20-11-13-22(26)14-12-20)16-23(27-29)15-18-5-3-2-4-6-18/h2-14,16-17,31H,15H2,1H3,(H,28,30). The zero-order valence-electron chi connectivity index (χ0n) is 17.0. The monoisotopic (exact) mass is 415 g/mol. The number of hydrogen-bond donors (Lipinski definition) is 2. The summed E-state index contributed by atoms with van der Waals surface area (Å²) in [6.45, 7) is 2.02. The van der Waals surface area contributed by atoms with E-state index >= 15 is 0 Å². The van der Waals surface area contributed by atoms with Gasteiger partial charge in [0.05, 0.1) is 17.4 Å². The van der Waals surface area contributed by atoms with Gasteiger partial charge in [-0.1, -0.05) is 42.5 Å². The van der Waals surface area contributed by atoms with Crippen LogP contribution in [-0.2, 0) is 6.42 Å². The third-order valence-corrected chi connectivity index (χ3v) is 5.28. The van der Waals surface area contributed by atoms with Gasteiger partial charge < -0.3 is 0 Å². The topological polar surface area (TPSA) is 67.2 Å². The summed E-state index contributed by atoms with van der Waals surface area (Å²) >= 11 is 0. The zero-order valence-corrected chi connectivity index (χ0v) is 17.0. The number of benzene rings is 3. The number of nitrogens with one attached hydrogen (secondary N) is 1. The largest absolute Gasteiger partial charge is 0.288 e. The summed E-state index contributed by atoms with van der Waals surface area (Å²) in [5.74, 6) is -0.847. The maximum absolute atomic E-state index is 13.5. The molecule has 156 valence electrons. The Morgan fingerprint density at radius 3 is 2.35 bits per heavy atom. The molecule has 1 amide bonds. The first-order valence-corrected chi connectivity index (χ1v) is 9.98. The molecule has 1 aromatic heterocycles. The molecule has 0 saturated heterocycles. The number of carbonyl (C=O) groups is 1. The molecule has 1 heterocycles. The highest BCUT2D eigenvalue weighted by Crippen LogP contribution is 2.28. The summed E-state index contributed by atoms with van der Waals surface area (Å²) < 4.78 is 15.4. The van der Waals surface area contributed by atoms with E-state index in [0.29, 0.717) is 12.0 Å². The predicted octanol–water partition coefficient (Wildman–Crippen LogP) is 5.01. The van der Waals surface area contributed by atoms with Gasteiger partial charge in [0, 0.05) is 17.5 Å². The lowest BCUT2D eigenvalue weighted by Gasteiger charge is -2.17. The van der Waals surface area contributed by atoms with Crippen molar-refractivity contribution in [1.82, 2.24) is 15.3 Å². The molecule has 6 heteroatoms. The molecule has 0 fully saturated rings. The summed E-state index contributed by atoms with van der Waals surface area (Å²) in [6, 6.07) is 25.4. The molecule has 0 bridgehead atoms. The van der Waals surface area contributed by atoms with Crippen LogP contribution in [0.5, 0.6) is 0 Å². The highest BCUT2D eigenvalue weighted by atomic mass is 19.1. The van der Waals surface area contributed by atoms with E-state index in [4.69, 9.17) is 10.3 Å². The molecule has 2 N–H and O–H groups in total. The molecule has 0 radical (unpaired) electrons. The molecule has 1 atom stereocenters. The Hall–Kier alpha value is -3.77. The molecule has 3 aromatic carbocycles. The highest BCUT2D eigenvalue weighted by molar-refractivity contribution is 5.93. The first kappa shape index (κ1) is 20.5. The second kappa shape index (κ2) is 8.93. The van der Waals surface area contributed by atoms with E-state index in [1.165, 1.54) is 12.1 Å². The van der Waals surface area contributed by atoms with E-state index in [1.54, 1.807) is 29.7 Å². The summed E-state index contributed by atoms with van der Waals surface area (Å²) in [6.07, 6.45) is 0.685. The third kappa shape index (κ3) is 4.54. The number of carbonyl (C=O) groups excluding carboxylic acids is 1. The van der Waals surface area contributed by atoms with Crippen LogP contribution in [0.1, 0.15) is 40.1 Å². The minimum absolute atomic E-state index is 0.129. The minimum Gasteiger partial charge on any atom is -0.288 e. The van der Waals surface area contributed by atoms with E-state index < -0.39 is 5.91 Å². The van der Waals surface area contributed by atoms with E-state index in [0.717, 1.165) is 28.1 Å². The Balaban J connectivity index is 1.72. The van der Waals surface area contributed by atoms with Crippen LogP contribution < -0.4 is 5.48 Å². The van der Waals surface area contributed by atoms with Gasteiger partial charge in [0.2, 0.25) is 0 Å². The molecular formula is C25H22FN3O2. The number of aromatic nitrogens is 2. The van der Waals surface area contributed by atoms with E-state index in [2.05, 4.69) is 12.1 Å². The van der Waals surface area contributed by atoms with Crippen molar-refractivity contribution in [2.45, 2.75) is 19.4 Å². The molecule has 5 nitrogen and oxygen atoms in total. The number of hydrogen-bond acceptors (Lipinski definition) is 3. The van der Waals surface area contributed by atoms with Crippen molar-refractivity contribution in [3.8, 4) is 11.3 Å². The second-order valence-electron chi connectivity index (χ2n) is 7.37. The summed E-state index contributed by atoms with van der Waals surface area (Å²) in [5.41, 5.74) is 6.78.